The van der Waals surface area contributed by atoms with E-state index < -0.39 is 10.0 Å². The third kappa shape index (κ3) is 4.43. The number of nitrogens with one attached hydrogen (secondary N) is 1. The monoisotopic (exact) mass is 313 g/mol. The Bertz CT molecular complexity index is 585. The van der Waals surface area contributed by atoms with Gasteiger partial charge in [0, 0.05) is 19.1 Å². The van der Waals surface area contributed by atoms with Crippen molar-refractivity contribution in [1.29, 1.82) is 0 Å². The molecule has 6 heteroatoms. The summed E-state index contributed by atoms with van der Waals surface area (Å²) in [7, 11) is -1.58. The summed E-state index contributed by atoms with van der Waals surface area (Å²) in [6.07, 6.45) is 1.03. The SMILES string of the molecule is CCC(C)N(C)CCNS(=O)(=O)c1c(C)ccc(C)c1N. The second-order valence-electron chi connectivity index (χ2n) is 5.58. The smallest absolute Gasteiger partial charge is 0.242 e. The first-order chi connectivity index (χ1) is 9.70. The number of nitrogens with two attached hydrogens (primary N) is 1. The predicted octanol–water partition coefficient (Wildman–Crippen LogP) is 1.89. The fraction of sp³-hybridized carbons (Fsp3) is 0.600. The van der Waals surface area contributed by atoms with Crippen LogP contribution in [0, 0.1) is 13.8 Å². The van der Waals surface area contributed by atoms with Crippen LogP contribution in [-0.2, 0) is 10.0 Å². The summed E-state index contributed by atoms with van der Waals surface area (Å²) in [6, 6.07) is 4.05. The fourth-order valence-electron chi connectivity index (χ4n) is 2.12. The number of hydrogen-bond acceptors (Lipinski definition) is 4. The van der Waals surface area contributed by atoms with Crippen molar-refractivity contribution in [3.8, 4) is 0 Å². The lowest BCUT2D eigenvalue weighted by atomic mass is 10.1. The minimum atomic E-state index is -3.57. The molecule has 0 aliphatic rings. The number of nitrogen functional groups attached to an aromatic ring is 1. The van der Waals surface area contributed by atoms with E-state index in [0.29, 0.717) is 30.4 Å². The highest BCUT2D eigenvalue weighted by atomic mass is 32.2. The predicted molar refractivity (Wildman–Crippen MR) is 87.9 cm³/mol. The van der Waals surface area contributed by atoms with Crippen LogP contribution in [0.2, 0.25) is 0 Å². The Hall–Kier alpha value is -1.11. The topological polar surface area (TPSA) is 75.4 Å². The first kappa shape index (κ1) is 17.9. The van der Waals surface area contributed by atoms with Gasteiger partial charge in [-0.15, -0.1) is 0 Å². The molecule has 0 aliphatic carbocycles. The van der Waals surface area contributed by atoms with Crippen molar-refractivity contribution in [2.75, 3.05) is 25.9 Å². The summed E-state index contributed by atoms with van der Waals surface area (Å²) < 4.78 is 27.5. The van der Waals surface area contributed by atoms with Gasteiger partial charge in [0.25, 0.3) is 0 Å². The number of benzene rings is 1. The zero-order valence-corrected chi connectivity index (χ0v) is 14.4. The molecule has 0 spiro atoms. The van der Waals surface area contributed by atoms with Crippen molar-refractivity contribution >= 4 is 15.7 Å². The van der Waals surface area contributed by atoms with Crippen LogP contribution in [0.15, 0.2) is 17.0 Å². The normalized spacial score (nSPS) is 13.6. The molecule has 0 fully saturated rings. The van der Waals surface area contributed by atoms with E-state index in [4.69, 9.17) is 5.73 Å². The number of aryl methyl sites for hydroxylation is 2. The van der Waals surface area contributed by atoms with Crippen molar-refractivity contribution < 1.29 is 8.42 Å². The van der Waals surface area contributed by atoms with E-state index in [1.165, 1.54) is 0 Å². The van der Waals surface area contributed by atoms with Crippen LogP contribution in [-0.4, -0.2) is 39.5 Å². The van der Waals surface area contributed by atoms with Gasteiger partial charge in [0.2, 0.25) is 10.0 Å². The Morgan fingerprint density at radius 3 is 2.43 bits per heavy atom. The molecule has 5 nitrogen and oxygen atoms in total. The Kier molecular flexibility index (Phi) is 6.19. The molecule has 0 radical (unpaired) electrons. The molecule has 120 valence electrons. The Labute approximate surface area is 128 Å². The van der Waals surface area contributed by atoms with E-state index in [9.17, 15) is 8.42 Å². The van der Waals surface area contributed by atoms with Gasteiger partial charge in [0.1, 0.15) is 4.90 Å². The lowest BCUT2D eigenvalue weighted by Crippen LogP contribution is -2.37. The van der Waals surface area contributed by atoms with Gasteiger partial charge in [-0.3, -0.25) is 0 Å². The summed E-state index contributed by atoms with van der Waals surface area (Å²) in [6.45, 7) is 8.84. The van der Waals surface area contributed by atoms with Crippen LogP contribution < -0.4 is 10.5 Å². The van der Waals surface area contributed by atoms with E-state index >= 15 is 0 Å². The lowest BCUT2D eigenvalue weighted by molar-refractivity contribution is 0.256. The Morgan fingerprint density at radius 2 is 1.86 bits per heavy atom. The molecule has 0 amide bonds. The number of sulfonamides is 1. The zero-order chi connectivity index (χ0) is 16.2. The zero-order valence-electron chi connectivity index (χ0n) is 13.6. The number of anilines is 1. The largest absolute Gasteiger partial charge is 0.397 e. The number of nitrogens with zero attached hydrogens (tertiary/aromatic N) is 1. The van der Waals surface area contributed by atoms with Crippen LogP contribution in [0.1, 0.15) is 31.4 Å². The third-order valence-electron chi connectivity index (χ3n) is 3.98. The van der Waals surface area contributed by atoms with Gasteiger partial charge in [-0.25, -0.2) is 13.1 Å². The molecular weight excluding hydrogens is 286 g/mol. The average Bonchev–Trinajstić information content (AvgIpc) is 2.41. The van der Waals surface area contributed by atoms with Gasteiger partial charge in [-0.1, -0.05) is 19.1 Å². The van der Waals surface area contributed by atoms with Crippen LogP contribution in [0.25, 0.3) is 0 Å². The number of rotatable bonds is 7. The highest BCUT2D eigenvalue weighted by Gasteiger charge is 2.21. The summed E-state index contributed by atoms with van der Waals surface area (Å²) >= 11 is 0. The van der Waals surface area contributed by atoms with Gasteiger partial charge in [0.05, 0.1) is 5.69 Å². The van der Waals surface area contributed by atoms with Crippen LogP contribution in [0.3, 0.4) is 0 Å². The summed E-state index contributed by atoms with van der Waals surface area (Å²) in [5.74, 6) is 0. The van der Waals surface area contributed by atoms with Gasteiger partial charge in [-0.2, -0.15) is 0 Å². The molecule has 0 saturated heterocycles. The average molecular weight is 313 g/mol. The summed E-state index contributed by atoms with van der Waals surface area (Å²) in [5.41, 5.74) is 7.72. The molecule has 1 atom stereocenters. The van der Waals surface area contributed by atoms with Crippen molar-refractivity contribution in [3.05, 3.63) is 23.3 Å². The fourth-order valence-corrected chi connectivity index (χ4v) is 3.57. The second kappa shape index (κ2) is 7.24. The molecule has 1 aromatic carbocycles. The number of hydrogen-bond donors (Lipinski definition) is 2. The molecule has 0 aromatic heterocycles. The van der Waals surface area contributed by atoms with Crippen LogP contribution in [0.5, 0.6) is 0 Å². The highest BCUT2D eigenvalue weighted by Crippen LogP contribution is 2.25. The molecule has 0 aliphatic heterocycles. The maximum atomic E-state index is 12.4. The molecule has 0 heterocycles. The van der Waals surface area contributed by atoms with E-state index in [0.717, 1.165) is 12.0 Å². The van der Waals surface area contributed by atoms with Crippen molar-refractivity contribution in [1.82, 2.24) is 9.62 Å². The first-order valence-electron chi connectivity index (χ1n) is 7.26. The van der Waals surface area contributed by atoms with E-state index in [2.05, 4.69) is 23.5 Å². The lowest BCUT2D eigenvalue weighted by Gasteiger charge is -2.23. The maximum absolute atomic E-state index is 12.4. The van der Waals surface area contributed by atoms with Gasteiger partial charge in [-0.05, 0) is 45.4 Å². The van der Waals surface area contributed by atoms with Crippen LogP contribution >= 0.6 is 0 Å². The molecule has 1 rings (SSSR count). The Morgan fingerprint density at radius 1 is 1.29 bits per heavy atom. The van der Waals surface area contributed by atoms with Gasteiger partial charge < -0.3 is 10.6 Å². The Balaban J connectivity index is 2.82. The first-order valence-corrected chi connectivity index (χ1v) is 8.74. The summed E-state index contributed by atoms with van der Waals surface area (Å²) in [4.78, 5) is 2.34. The quantitative estimate of drug-likeness (QED) is 0.754. The van der Waals surface area contributed by atoms with Crippen LogP contribution in [0.4, 0.5) is 5.69 Å². The molecular formula is C15H27N3O2S. The standard InChI is InChI=1S/C15H27N3O2S/c1-6-13(4)18(5)10-9-17-21(19,20)15-12(3)8-7-11(2)14(15)16/h7-8,13,17H,6,9-10,16H2,1-5H3. The van der Waals surface area contributed by atoms with Crippen molar-refractivity contribution in [2.45, 2.75) is 45.1 Å². The second-order valence-corrected chi connectivity index (χ2v) is 7.28. The molecule has 0 bridgehead atoms. The highest BCUT2D eigenvalue weighted by molar-refractivity contribution is 7.89. The molecule has 0 saturated carbocycles. The minimum absolute atomic E-state index is 0.202. The summed E-state index contributed by atoms with van der Waals surface area (Å²) in [5, 5.41) is 0. The van der Waals surface area contributed by atoms with E-state index in [1.54, 1.807) is 13.0 Å². The van der Waals surface area contributed by atoms with Gasteiger partial charge in [0.15, 0.2) is 0 Å². The van der Waals surface area contributed by atoms with Crippen molar-refractivity contribution in [2.24, 2.45) is 0 Å². The third-order valence-corrected chi connectivity index (χ3v) is 5.64. The minimum Gasteiger partial charge on any atom is -0.397 e. The molecule has 3 N–H and O–H groups in total. The maximum Gasteiger partial charge on any atom is 0.242 e. The molecule has 1 aromatic rings. The van der Waals surface area contributed by atoms with E-state index in [1.807, 2.05) is 20.0 Å². The molecule has 21 heavy (non-hydrogen) atoms. The number of likely N-dealkylation sites (N-methyl/N-ethyl adjacent to an activating group) is 1. The van der Waals surface area contributed by atoms with Crippen molar-refractivity contribution in [3.63, 3.8) is 0 Å². The van der Waals surface area contributed by atoms with E-state index in [-0.39, 0.29) is 4.90 Å². The van der Waals surface area contributed by atoms with Gasteiger partial charge >= 0.3 is 0 Å². The molecule has 1 unspecified atom stereocenters.